The number of esters is 1. The maximum absolute atomic E-state index is 11.4. The van der Waals surface area contributed by atoms with Crippen LogP contribution in [0, 0.1) is 0 Å². The van der Waals surface area contributed by atoms with Gasteiger partial charge in [0.2, 0.25) is 0 Å². The minimum Gasteiger partial charge on any atom is -0.469 e. The Balaban J connectivity index is 1.95. The molecule has 108 valence electrons. The molecule has 0 spiro atoms. The van der Waals surface area contributed by atoms with Crippen LogP contribution in [-0.4, -0.2) is 18.2 Å². The van der Waals surface area contributed by atoms with Gasteiger partial charge in [0.1, 0.15) is 0 Å². The summed E-state index contributed by atoms with van der Waals surface area (Å²) < 4.78 is 4.70. The highest BCUT2D eigenvalue weighted by Crippen LogP contribution is 2.40. The Morgan fingerprint density at radius 1 is 1.29 bits per heavy atom. The van der Waals surface area contributed by atoms with E-state index in [0.29, 0.717) is 6.42 Å². The fraction of sp³-hybridized carbons (Fsp3) is 0.235. The third kappa shape index (κ3) is 2.96. The number of rotatable bonds is 2. The lowest BCUT2D eigenvalue weighted by atomic mass is 9.99. The number of ether oxygens (including phenoxy) is 1. The summed E-state index contributed by atoms with van der Waals surface area (Å²) in [5, 5.41) is 10.4. The van der Waals surface area contributed by atoms with E-state index < -0.39 is 6.10 Å². The van der Waals surface area contributed by atoms with Crippen LogP contribution in [0.3, 0.4) is 0 Å². The number of hydrogen-bond acceptors (Lipinski definition) is 4. The van der Waals surface area contributed by atoms with Crippen molar-refractivity contribution in [2.24, 2.45) is 0 Å². The minimum atomic E-state index is -0.511. The normalized spacial score (nSPS) is 16.6. The van der Waals surface area contributed by atoms with E-state index in [2.05, 4.69) is 0 Å². The van der Waals surface area contributed by atoms with Gasteiger partial charge in [0.05, 0.1) is 19.6 Å². The molecule has 1 aliphatic heterocycles. The molecule has 3 rings (SSSR count). The Labute approximate surface area is 127 Å². The van der Waals surface area contributed by atoms with Gasteiger partial charge in [-0.15, -0.1) is 0 Å². The van der Waals surface area contributed by atoms with Crippen LogP contribution < -0.4 is 0 Å². The van der Waals surface area contributed by atoms with E-state index in [0.717, 1.165) is 26.5 Å². The van der Waals surface area contributed by atoms with Gasteiger partial charge in [-0.2, -0.15) is 0 Å². The lowest BCUT2D eigenvalue weighted by molar-refractivity contribution is -0.139. The summed E-state index contributed by atoms with van der Waals surface area (Å²) in [6.45, 7) is 0. The molecule has 3 nitrogen and oxygen atoms in total. The van der Waals surface area contributed by atoms with Gasteiger partial charge in [0, 0.05) is 16.2 Å². The summed E-state index contributed by atoms with van der Waals surface area (Å²) in [7, 11) is 1.39. The zero-order chi connectivity index (χ0) is 14.8. The molecule has 0 fully saturated rings. The number of hydrogen-bond donors (Lipinski definition) is 1. The molecule has 0 aromatic heterocycles. The standard InChI is InChI=1S/C17H16O3S/c1-20-17(19)9-11-6-7-15-12(8-11)10-14(18)13-4-2-3-5-16(13)21-15/h2-8,14,18H,9-10H2,1H3. The Bertz CT molecular complexity index is 681. The summed E-state index contributed by atoms with van der Waals surface area (Å²) in [6, 6.07) is 13.9. The first-order valence-corrected chi connectivity index (χ1v) is 7.62. The number of carbonyl (C=O) groups excluding carboxylic acids is 1. The highest BCUT2D eigenvalue weighted by molar-refractivity contribution is 7.99. The van der Waals surface area contributed by atoms with Crippen molar-refractivity contribution < 1.29 is 14.6 Å². The van der Waals surface area contributed by atoms with Crippen LogP contribution in [0.15, 0.2) is 52.3 Å². The Morgan fingerprint density at radius 3 is 2.90 bits per heavy atom. The zero-order valence-corrected chi connectivity index (χ0v) is 12.5. The van der Waals surface area contributed by atoms with Gasteiger partial charge < -0.3 is 9.84 Å². The molecule has 1 heterocycles. The lowest BCUT2D eigenvalue weighted by Crippen LogP contribution is -2.06. The van der Waals surface area contributed by atoms with Crippen molar-refractivity contribution in [2.45, 2.75) is 28.7 Å². The molecule has 21 heavy (non-hydrogen) atoms. The molecule has 1 N–H and O–H groups in total. The first kappa shape index (κ1) is 14.2. The molecule has 4 heteroatoms. The molecule has 2 aromatic carbocycles. The van der Waals surface area contributed by atoms with Crippen molar-refractivity contribution in [1.82, 2.24) is 0 Å². The smallest absolute Gasteiger partial charge is 0.309 e. The molecule has 0 amide bonds. The van der Waals surface area contributed by atoms with Gasteiger partial charge >= 0.3 is 5.97 Å². The summed E-state index contributed by atoms with van der Waals surface area (Å²) in [6.07, 6.45) is 0.314. The van der Waals surface area contributed by atoms with Gasteiger partial charge in [-0.3, -0.25) is 4.79 Å². The van der Waals surface area contributed by atoms with Crippen LogP contribution in [0.25, 0.3) is 0 Å². The molecule has 2 aromatic rings. The number of methoxy groups -OCH3 is 1. The van der Waals surface area contributed by atoms with Crippen LogP contribution in [0.4, 0.5) is 0 Å². The second kappa shape index (κ2) is 5.92. The molecule has 1 aliphatic rings. The third-order valence-corrected chi connectivity index (χ3v) is 4.82. The van der Waals surface area contributed by atoms with Crippen molar-refractivity contribution in [3.63, 3.8) is 0 Å². The predicted molar refractivity (Wildman–Crippen MR) is 81.4 cm³/mol. The summed E-state index contributed by atoms with van der Waals surface area (Å²) in [4.78, 5) is 13.6. The van der Waals surface area contributed by atoms with Gasteiger partial charge in [-0.1, -0.05) is 42.1 Å². The molecular formula is C17H16O3S. The highest BCUT2D eigenvalue weighted by Gasteiger charge is 2.21. The number of fused-ring (bicyclic) bond motifs is 2. The average Bonchev–Trinajstić information content (AvgIpc) is 2.63. The second-order valence-corrected chi connectivity index (χ2v) is 6.14. The van der Waals surface area contributed by atoms with Crippen molar-refractivity contribution in [3.05, 3.63) is 59.2 Å². The molecule has 0 aliphatic carbocycles. The van der Waals surface area contributed by atoms with Gasteiger partial charge in [0.15, 0.2) is 0 Å². The topological polar surface area (TPSA) is 46.5 Å². The molecule has 1 unspecified atom stereocenters. The second-order valence-electron chi connectivity index (χ2n) is 5.05. The van der Waals surface area contributed by atoms with Crippen molar-refractivity contribution in [2.75, 3.05) is 7.11 Å². The van der Waals surface area contributed by atoms with E-state index in [9.17, 15) is 9.90 Å². The number of aliphatic hydroxyl groups excluding tert-OH is 1. The minimum absolute atomic E-state index is 0.250. The SMILES string of the molecule is COC(=O)Cc1ccc2c(c1)CC(O)c1ccccc1S2. The van der Waals surface area contributed by atoms with Crippen LogP contribution >= 0.6 is 11.8 Å². The van der Waals surface area contributed by atoms with Crippen LogP contribution in [-0.2, 0) is 22.4 Å². The number of carbonyl (C=O) groups is 1. The first-order chi connectivity index (χ1) is 10.2. The van der Waals surface area contributed by atoms with Gasteiger partial charge in [0.25, 0.3) is 0 Å². The molecular weight excluding hydrogens is 284 g/mol. The molecule has 1 atom stereocenters. The van der Waals surface area contributed by atoms with E-state index in [1.54, 1.807) is 11.8 Å². The van der Waals surface area contributed by atoms with Crippen LogP contribution in [0.1, 0.15) is 22.8 Å². The maximum atomic E-state index is 11.4. The highest BCUT2D eigenvalue weighted by atomic mass is 32.2. The number of benzene rings is 2. The van der Waals surface area contributed by atoms with E-state index in [4.69, 9.17) is 4.74 Å². The molecule has 0 radical (unpaired) electrons. The first-order valence-electron chi connectivity index (χ1n) is 6.81. The Kier molecular flexibility index (Phi) is 3.99. The van der Waals surface area contributed by atoms with Crippen LogP contribution in [0.2, 0.25) is 0 Å². The lowest BCUT2D eigenvalue weighted by Gasteiger charge is -2.10. The largest absolute Gasteiger partial charge is 0.469 e. The monoisotopic (exact) mass is 300 g/mol. The van der Waals surface area contributed by atoms with Crippen molar-refractivity contribution in [1.29, 1.82) is 0 Å². The summed E-state index contributed by atoms with van der Waals surface area (Å²) >= 11 is 1.66. The van der Waals surface area contributed by atoms with Crippen molar-refractivity contribution >= 4 is 17.7 Å². The fourth-order valence-corrected chi connectivity index (χ4v) is 3.64. The molecule has 0 bridgehead atoms. The fourth-order valence-electron chi connectivity index (χ4n) is 2.53. The average molecular weight is 300 g/mol. The third-order valence-electron chi connectivity index (χ3n) is 3.61. The van der Waals surface area contributed by atoms with E-state index in [1.807, 2.05) is 42.5 Å². The van der Waals surface area contributed by atoms with E-state index in [-0.39, 0.29) is 12.4 Å². The predicted octanol–water partition coefficient (Wildman–Crippen LogP) is 3.14. The Morgan fingerprint density at radius 2 is 2.10 bits per heavy atom. The van der Waals surface area contributed by atoms with Crippen molar-refractivity contribution in [3.8, 4) is 0 Å². The summed E-state index contributed by atoms with van der Waals surface area (Å²) in [5.74, 6) is -0.250. The van der Waals surface area contributed by atoms with Crippen LogP contribution in [0.5, 0.6) is 0 Å². The van der Waals surface area contributed by atoms with Gasteiger partial charge in [-0.05, 0) is 28.8 Å². The summed E-state index contributed by atoms with van der Waals surface area (Å²) in [5.41, 5.74) is 2.96. The quantitative estimate of drug-likeness (QED) is 0.866. The molecule has 0 saturated heterocycles. The number of aliphatic hydroxyl groups is 1. The van der Waals surface area contributed by atoms with E-state index in [1.165, 1.54) is 7.11 Å². The maximum Gasteiger partial charge on any atom is 0.309 e. The zero-order valence-electron chi connectivity index (χ0n) is 11.7. The molecule has 0 saturated carbocycles. The van der Waals surface area contributed by atoms with E-state index >= 15 is 0 Å². The Hall–Kier alpha value is -1.78. The van der Waals surface area contributed by atoms with Gasteiger partial charge in [-0.25, -0.2) is 0 Å².